The van der Waals surface area contributed by atoms with Crippen molar-refractivity contribution in [2.24, 2.45) is 0 Å². The van der Waals surface area contributed by atoms with Gasteiger partial charge in [-0.2, -0.15) is 0 Å². The molecule has 0 spiro atoms. The molecule has 0 saturated heterocycles. The molecule has 0 saturated carbocycles. The van der Waals surface area contributed by atoms with E-state index in [9.17, 15) is 14.0 Å². The molecule has 1 aromatic heterocycles. The Balaban J connectivity index is 1.46. The monoisotopic (exact) mass is 505 g/mol. The molecule has 188 valence electrons. The summed E-state index contributed by atoms with van der Waals surface area (Å²) in [5, 5.41) is 0.424. The number of amides is 1. The maximum absolute atomic E-state index is 13.8. The van der Waals surface area contributed by atoms with Gasteiger partial charge in [-0.1, -0.05) is 42.5 Å². The number of halogens is 1. The third-order valence-corrected chi connectivity index (χ3v) is 7.04. The lowest BCUT2D eigenvalue weighted by Gasteiger charge is -2.25. The van der Waals surface area contributed by atoms with Gasteiger partial charge in [-0.3, -0.25) is 14.5 Å². The van der Waals surface area contributed by atoms with Gasteiger partial charge < -0.3 is 9.15 Å². The number of aryl methyl sites for hydroxylation is 2. The van der Waals surface area contributed by atoms with E-state index in [-0.39, 0.29) is 16.8 Å². The van der Waals surface area contributed by atoms with Crippen molar-refractivity contribution in [1.29, 1.82) is 0 Å². The molecule has 6 heteroatoms. The summed E-state index contributed by atoms with van der Waals surface area (Å²) in [6.45, 7) is 4.28. The van der Waals surface area contributed by atoms with Crippen molar-refractivity contribution < 1.29 is 18.3 Å². The van der Waals surface area contributed by atoms with Crippen molar-refractivity contribution >= 4 is 22.6 Å². The Morgan fingerprint density at radius 1 is 0.868 bits per heavy atom. The van der Waals surface area contributed by atoms with Gasteiger partial charge >= 0.3 is 0 Å². The number of nitrogens with zero attached hydrogens (tertiary/aromatic N) is 1. The van der Waals surface area contributed by atoms with Gasteiger partial charge in [-0.25, -0.2) is 4.39 Å². The smallest absolute Gasteiger partial charge is 0.295 e. The predicted octanol–water partition coefficient (Wildman–Crippen LogP) is 6.88. The second-order valence-corrected chi connectivity index (χ2v) is 9.50. The fourth-order valence-corrected chi connectivity index (χ4v) is 4.90. The fourth-order valence-electron chi connectivity index (χ4n) is 4.90. The highest BCUT2D eigenvalue weighted by atomic mass is 19.1. The molecule has 6 rings (SSSR count). The minimum Gasteiger partial charge on any atom is -0.489 e. The molecule has 1 atom stereocenters. The molecule has 1 aliphatic heterocycles. The second-order valence-electron chi connectivity index (χ2n) is 9.50. The summed E-state index contributed by atoms with van der Waals surface area (Å²) < 4.78 is 25.7. The molecule has 38 heavy (non-hydrogen) atoms. The van der Waals surface area contributed by atoms with Gasteiger partial charge in [0.15, 0.2) is 5.43 Å². The van der Waals surface area contributed by atoms with Crippen LogP contribution < -0.4 is 15.1 Å². The van der Waals surface area contributed by atoms with E-state index in [1.54, 1.807) is 12.1 Å². The summed E-state index contributed by atoms with van der Waals surface area (Å²) in [5.41, 5.74) is 4.53. The van der Waals surface area contributed by atoms with Crippen molar-refractivity contribution in [1.82, 2.24) is 0 Å². The van der Waals surface area contributed by atoms with Gasteiger partial charge in [-0.05, 0) is 84.6 Å². The summed E-state index contributed by atoms with van der Waals surface area (Å²) in [4.78, 5) is 29.1. The molecule has 0 bridgehead atoms. The van der Waals surface area contributed by atoms with Gasteiger partial charge in [-0.15, -0.1) is 0 Å². The van der Waals surface area contributed by atoms with E-state index in [2.05, 4.69) is 0 Å². The van der Waals surface area contributed by atoms with Crippen LogP contribution in [-0.2, 0) is 6.61 Å². The number of carbonyl (C=O) groups is 1. The molecule has 2 heterocycles. The summed E-state index contributed by atoms with van der Waals surface area (Å²) >= 11 is 0. The second kappa shape index (κ2) is 9.30. The summed E-state index contributed by atoms with van der Waals surface area (Å²) in [7, 11) is 0. The van der Waals surface area contributed by atoms with E-state index in [4.69, 9.17) is 9.15 Å². The van der Waals surface area contributed by atoms with Gasteiger partial charge in [0.1, 0.15) is 23.8 Å². The van der Waals surface area contributed by atoms with Crippen molar-refractivity contribution in [3.63, 3.8) is 0 Å². The topological polar surface area (TPSA) is 59.8 Å². The zero-order valence-corrected chi connectivity index (χ0v) is 20.9. The minimum absolute atomic E-state index is 0.00415. The van der Waals surface area contributed by atoms with E-state index >= 15 is 0 Å². The highest BCUT2D eigenvalue weighted by Gasteiger charge is 2.43. The number of carbonyl (C=O) groups excluding carboxylic acids is 1. The molecule has 4 aromatic carbocycles. The fraction of sp³-hybridized carbons (Fsp3) is 0.125. The molecule has 1 unspecified atom stereocenters. The lowest BCUT2D eigenvalue weighted by Crippen LogP contribution is -2.29. The largest absolute Gasteiger partial charge is 0.489 e. The van der Waals surface area contributed by atoms with Crippen LogP contribution >= 0.6 is 0 Å². The molecule has 0 aliphatic carbocycles. The third kappa shape index (κ3) is 4.04. The van der Waals surface area contributed by atoms with Crippen LogP contribution in [0.1, 0.15) is 44.4 Å². The molecular formula is C32H24FNO4. The lowest BCUT2D eigenvalue weighted by molar-refractivity contribution is 0.0971. The van der Waals surface area contributed by atoms with Crippen LogP contribution in [0.15, 0.2) is 100 Å². The lowest BCUT2D eigenvalue weighted by atomic mass is 9.97. The molecule has 0 fully saturated rings. The first kappa shape index (κ1) is 23.7. The van der Waals surface area contributed by atoms with Crippen molar-refractivity contribution in [3.05, 3.63) is 141 Å². The molecule has 0 radical (unpaired) electrons. The quantitative estimate of drug-likeness (QED) is 0.261. The Hall–Kier alpha value is -4.71. The molecular weight excluding hydrogens is 481 g/mol. The highest BCUT2D eigenvalue weighted by Crippen LogP contribution is 2.41. The number of ether oxygens (including phenoxy) is 1. The summed E-state index contributed by atoms with van der Waals surface area (Å²) in [6, 6.07) is 25.7. The van der Waals surface area contributed by atoms with Crippen LogP contribution in [0, 0.1) is 19.7 Å². The van der Waals surface area contributed by atoms with Gasteiger partial charge in [0.25, 0.3) is 5.91 Å². The number of benzene rings is 4. The molecule has 0 N–H and O–H groups in total. The predicted molar refractivity (Wildman–Crippen MR) is 144 cm³/mol. The van der Waals surface area contributed by atoms with E-state index in [0.717, 1.165) is 16.7 Å². The van der Waals surface area contributed by atoms with Gasteiger partial charge in [0.2, 0.25) is 5.76 Å². The molecule has 5 aromatic rings. The number of hydrogen-bond donors (Lipinski definition) is 0. The Kier molecular flexibility index (Phi) is 5.80. The maximum Gasteiger partial charge on any atom is 0.295 e. The van der Waals surface area contributed by atoms with Crippen LogP contribution in [0.3, 0.4) is 0 Å². The van der Waals surface area contributed by atoms with Crippen LogP contribution in [0.25, 0.3) is 11.0 Å². The van der Waals surface area contributed by atoms with E-state index in [0.29, 0.717) is 34.6 Å². The zero-order valence-electron chi connectivity index (χ0n) is 20.9. The first-order chi connectivity index (χ1) is 18.4. The van der Waals surface area contributed by atoms with Crippen molar-refractivity contribution in [2.75, 3.05) is 4.90 Å². The number of anilines is 1. The number of hydrogen-bond acceptors (Lipinski definition) is 4. The SMILES string of the molecule is Cc1cc2oc3c(c(=O)c2cc1C)C(c1ccc(OCc2ccccc2)cc1)N(c1ccc(F)cc1)C3=O. The average molecular weight is 506 g/mol. The summed E-state index contributed by atoms with van der Waals surface area (Å²) in [6.07, 6.45) is 0. The van der Waals surface area contributed by atoms with Crippen LogP contribution in [-0.4, -0.2) is 5.91 Å². The highest BCUT2D eigenvalue weighted by molar-refractivity contribution is 6.10. The summed E-state index contributed by atoms with van der Waals surface area (Å²) in [5.74, 6) is -0.199. The maximum atomic E-state index is 13.8. The first-order valence-electron chi connectivity index (χ1n) is 12.3. The molecule has 1 amide bonds. The van der Waals surface area contributed by atoms with Gasteiger partial charge in [0.05, 0.1) is 17.0 Å². The van der Waals surface area contributed by atoms with Crippen LogP contribution in [0.2, 0.25) is 0 Å². The number of fused-ring (bicyclic) bond motifs is 2. The van der Waals surface area contributed by atoms with Crippen molar-refractivity contribution in [3.8, 4) is 5.75 Å². The van der Waals surface area contributed by atoms with E-state index in [1.807, 2.05) is 68.4 Å². The van der Waals surface area contributed by atoms with Crippen molar-refractivity contribution in [2.45, 2.75) is 26.5 Å². The Labute approximate surface area is 218 Å². The van der Waals surface area contributed by atoms with E-state index < -0.39 is 17.8 Å². The first-order valence-corrected chi connectivity index (χ1v) is 12.3. The Bertz CT molecular complexity index is 1730. The van der Waals surface area contributed by atoms with Crippen LogP contribution in [0.4, 0.5) is 10.1 Å². The number of rotatable bonds is 5. The van der Waals surface area contributed by atoms with E-state index in [1.165, 1.54) is 29.2 Å². The molecule has 1 aliphatic rings. The Morgan fingerprint density at radius 2 is 1.55 bits per heavy atom. The minimum atomic E-state index is -0.742. The van der Waals surface area contributed by atoms with Crippen LogP contribution in [0.5, 0.6) is 5.75 Å². The third-order valence-electron chi connectivity index (χ3n) is 7.04. The normalized spacial score (nSPS) is 14.7. The van der Waals surface area contributed by atoms with Gasteiger partial charge in [0, 0.05) is 5.69 Å². The molecule has 5 nitrogen and oxygen atoms in total. The zero-order chi connectivity index (χ0) is 26.4. The average Bonchev–Trinajstić information content (AvgIpc) is 3.22. The standard InChI is InChI=1S/C32H24FNO4/c1-19-16-26-27(17-20(19)2)38-31-28(30(26)35)29(34(32(31)36)24-12-10-23(33)11-13-24)22-8-14-25(15-9-22)37-18-21-6-4-3-5-7-21/h3-17,29H,18H2,1-2H3. The Morgan fingerprint density at radius 3 is 2.26 bits per heavy atom.